The van der Waals surface area contributed by atoms with Crippen molar-refractivity contribution in [2.24, 2.45) is 0 Å². The molecule has 0 radical (unpaired) electrons. The van der Waals surface area contributed by atoms with Crippen molar-refractivity contribution in [1.82, 2.24) is 0 Å². The first kappa shape index (κ1) is 13.1. The molecule has 0 saturated heterocycles. The van der Waals surface area contributed by atoms with Gasteiger partial charge in [-0.05, 0) is 19.3 Å². The fourth-order valence-corrected chi connectivity index (χ4v) is 1.35. The number of carbonyl (C=O) groups excluding carboxylic acids is 2. The summed E-state index contributed by atoms with van der Waals surface area (Å²) in [6.07, 6.45) is 10.7. The molecule has 0 rings (SSSR count). The van der Waals surface area contributed by atoms with Gasteiger partial charge in [-0.3, -0.25) is 9.59 Å². The number of rotatable bonds is 10. The molecular weight excluding hydrogens is 176 g/mol. The molecule has 0 aliphatic carbocycles. The SMILES string of the molecule is C=CCCCCCCCCC(=O)C=O. The highest BCUT2D eigenvalue weighted by molar-refractivity contribution is 6.24. The van der Waals surface area contributed by atoms with E-state index in [1.54, 1.807) is 0 Å². The van der Waals surface area contributed by atoms with Gasteiger partial charge in [0.2, 0.25) is 0 Å². The zero-order valence-corrected chi connectivity index (χ0v) is 8.84. The minimum absolute atomic E-state index is 0.267. The third kappa shape index (κ3) is 9.17. The molecule has 14 heavy (non-hydrogen) atoms. The van der Waals surface area contributed by atoms with E-state index in [0.717, 1.165) is 19.3 Å². The van der Waals surface area contributed by atoms with Crippen molar-refractivity contribution in [3.05, 3.63) is 12.7 Å². The van der Waals surface area contributed by atoms with Crippen LogP contribution in [0.2, 0.25) is 0 Å². The van der Waals surface area contributed by atoms with Gasteiger partial charge in [0.05, 0.1) is 0 Å². The normalized spacial score (nSPS) is 9.71. The van der Waals surface area contributed by atoms with Crippen LogP contribution in [0.4, 0.5) is 0 Å². The Hall–Kier alpha value is -0.920. The van der Waals surface area contributed by atoms with Crippen LogP contribution in [0.3, 0.4) is 0 Å². The Morgan fingerprint density at radius 1 is 1.00 bits per heavy atom. The Morgan fingerprint density at radius 3 is 2.14 bits per heavy atom. The minimum atomic E-state index is -0.267. The number of Topliss-reactive ketones (excluding diaryl/α,β-unsaturated/α-hetero) is 1. The predicted octanol–water partition coefficient (Wildman–Crippen LogP) is 3.06. The summed E-state index contributed by atoms with van der Waals surface area (Å²) in [6, 6.07) is 0. The van der Waals surface area contributed by atoms with Crippen molar-refractivity contribution < 1.29 is 9.59 Å². The van der Waals surface area contributed by atoms with Crippen LogP contribution in [0.15, 0.2) is 12.7 Å². The van der Waals surface area contributed by atoms with E-state index >= 15 is 0 Å². The third-order valence-corrected chi connectivity index (χ3v) is 2.21. The Labute approximate surface area is 86.4 Å². The lowest BCUT2D eigenvalue weighted by molar-refractivity contribution is -0.129. The highest BCUT2D eigenvalue weighted by Gasteiger charge is 1.97. The van der Waals surface area contributed by atoms with Gasteiger partial charge in [-0.25, -0.2) is 0 Å². The number of unbranched alkanes of at least 4 members (excludes halogenated alkanes) is 6. The van der Waals surface area contributed by atoms with Gasteiger partial charge in [-0.1, -0.05) is 31.8 Å². The molecule has 2 heteroatoms. The Morgan fingerprint density at radius 2 is 1.57 bits per heavy atom. The quantitative estimate of drug-likeness (QED) is 0.233. The van der Waals surface area contributed by atoms with Gasteiger partial charge >= 0.3 is 0 Å². The van der Waals surface area contributed by atoms with Crippen LogP contribution >= 0.6 is 0 Å². The lowest BCUT2D eigenvalue weighted by Gasteiger charge is -1.98. The van der Waals surface area contributed by atoms with Crippen LogP contribution in [0.25, 0.3) is 0 Å². The summed E-state index contributed by atoms with van der Waals surface area (Å²) in [5, 5.41) is 0. The fraction of sp³-hybridized carbons (Fsp3) is 0.667. The van der Waals surface area contributed by atoms with Gasteiger partial charge in [0.25, 0.3) is 0 Å². The highest BCUT2D eigenvalue weighted by Crippen LogP contribution is 2.08. The van der Waals surface area contributed by atoms with Gasteiger partial charge in [0.15, 0.2) is 12.1 Å². The van der Waals surface area contributed by atoms with Crippen LogP contribution in [-0.4, -0.2) is 12.1 Å². The Balaban J connectivity index is 3.02. The second-order valence-corrected chi connectivity index (χ2v) is 3.53. The maximum absolute atomic E-state index is 10.6. The maximum Gasteiger partial charge on any atom is 0.195 e. The summed E-state index contributed by atoms with van der Waals surface area (Å²) < 4.78 is 0. The van der Waals surface area contributed by atoms with Crippen LogP contribution in [0.5, 0.6) is 0 Å². The van der Waals surface area contributed by atoms with Gasteiger partial charge < -0.3 is 0 Å². The summed E-state index contributed by atoms with van der Waals surface area (Å²) in [6.45, 7) is 3.67. The third-order valence-electron chi connectivity index (χ3n) is 2.21. The molecule has 0 unspecified atom stereocenters. The number of hydrogen-bond donors (Lipinski definition) is 0. The number of allylic oxidation sites excluding steroid dienone is 1. The Bertz CT molecular complexity index is 173. The smallest absolute Gasteiger partial charge is 0.195 e. The molecule has 0 aromatic rings. The summed E-state index contributed by atoms with van der Waals surface area (Å²) >= 11 is 0. The summed E-state index contributed by atoms with van der Waals surface area (Å²) in [4.78, 5) is 20.6. The lowest BCUT2D eigenvalue weighted by Crippen LogP contribution is -1.97. The number of hydrogen-bond acceptors (Lipinski definition) is 2. The predicted molar refractivity (Wildman–Crippen MR) is 58.2 cm³/mol. The van der Waals surface area contributed by atoms with Crippen molar-refractivity contribution in [3.8, 4) is 0 Å². The van der Waals surface area contributed by atoms with E-state index in [2.05, 4.69) is 6.58 Å². The lowest BCUT2D eigenvalue weighted by atomic mass is 10.1. The van der Waals surface area contributed by atoms with Gasteiger partial charge in [0, 0.05) is 6.42 Å². The van der Waals surface area contributed by atoms with Crippen LogP contribution < -0.4 is 0 Å². The van der Waals surface area contributed by atoms with E-state index in [-0.39, 0.29) is 5.78 Å². The molecule has 0 aromatic carbocycles. The largest absolute Gasteiger partial charge is 0.295 e. The zero-order valence-electron chi connectivity index (χ0n) is 8.84. The molecule has 0 saturated carbocycles. The van der Waals surface area contributed by atoms with Crippen molar-refractivity contribution >= 4 is 12.1 Å². The van der Waals surface area contributed by atoms with Crippen molar-refractivity contribution in [1.29, 1.82) is 0 Å². The number of aldehydes is 1. The standard InChI is InChI=1S/C12H20O2/c1-2-3-4-5-6-7-8-9-10-12(14)11-13/h2,11H,1,3-10H2. The van der Waals surface area contributed by atoms with Crippen LogP contribution in [-0.2, 0) is 9.59 Å². The average molecular weight is 196 g/mol. The molecule has 0 spiro atoms. The molecule has 0 aromatic heterocycles. The molecule has 0 heterocycles. The Kier molecular flexibility index (Phi) is 9.49. The van der Waals surface area contributed by atoms with Crippen molar-refractivity contribution in [2.75, 3.05) is 0 Å². The van der Waals surface area contributed by atoms with E-state index in [1.165, 1.54) is 25.7 Å². The number of carbonyl (C=O) groups is 2. The highest BCUT2D eigenvalue weighted by atomic mass is 16.2. The zero-order chi connectivity index (χ0) is 10.6. The van der Waals surface area contributed by atoms with Crippen LogP contribution in [0.1, 0.15) is 51.4 Å². The molecule has 0 aliphatic heterocycles. The molecule has 0 amide bonds. The van der Waals surface area contributed by atoms with Gasteiger partial charge in [-0.2, -0.15) is 0 Å². The first-order valence-electron chi connectivity index (χ1n) is 5.40. The monoisotopic (exact) mass is 196 g/mol. The topological polar surface area (TPSA) is 34.1 Å². The van der Waals surface area contributed by atoms with Crippen molar-refractivity contribution in [3.63, 3.8) is 0 Å². The molecule has 2 nitrogen and oxygen atoms in total. The summed E-state index contributed by atoms with van der Waals surface area (Å²) in [7, 11) is 0. The second-order valence-electron chi connectivity index (χ2n) is 3.53. The number of ketones is 1. The molecule has 0 N–H and O–H groups in total. The first-order chi connectivity index (χ1) is 6.81. The summed E-state index contributed by atoms with van der Waals surface area (Å²) in [5.74, 6) is -0.267. The molecular formula is C12H20O2. The maximum atomic E-state index is 10.6. The summed E-state index contributed by atoms with van der Waals surface area (Å²) in [5.41, 5.74) is 0. The minimum Gasteiger partial charge on any atom is -0.295 e. The average Bonchev–Trinajstić information content (AvgIpc) is 2.21. The molecule has 0 fully saturated rings. The molecule has 0 atom stereocenters. The van der Waals surface area contributed by atoms with Crippen molar-refractivity contribution in [2.45, 2.75) is 51.4 Å². The van der Waals surface area contributed by atoms with E-state index in [0.29, 0.717) is 12.7 Å². The van der Waals surface area contributed by atoms with E-state index in [1.807, 2.05) is 6.08 Å². The molecule has 0 aliphatic rings. The first-order valence-corrected chi connectivity index (χ1v) is 5.40. The second kappa shape index (κ2) is 10.2. The van der Waals surface area contributed by atoms with Gasteiger partial charge in [0.1, 0.15) is 0 Å². The van der Waals surface area contributed by atoms with E-state index in [9.17, 15) is 9.59 Å². The van der Waals surface area contributed by atoms with Gasteiger partial charge in [-0.15, -0.1) is 6.58 Å². The fourth-order valence-electron chi connectivity index (χ4n) is 1.35. The molecule has 80 valence electrons. The van der Waals surface area contributed by atoms with Crippen LogP contribution in [0, 0.1) is 0 Å². The molecule has 0 bridgehead atoms. The van der Waals surface area contributed by atoms with E-state index < -0.39 is 0 Å². The van der Waals surface area contributed by atoms with E-state index in [4.69, 9.17) is 0 Å².